The summed E-state index contributed by atoms with van der Waals surface area (Å²) in [6, 6.07) is 4.15. The molecule has 0 saturated heterocycles. The van der Waals surface area contributed by atoms with Gasteiger partial charge in [0.1, 0.15) is 0 Å². The largest absolute Gasteiger partial charge is 0.388 e. The van der Waals surface area contributed by atoms with Crippen LogP contribution in [0.3, 0.4) is 0 Å². The Morgan fingerprint density at radius 2 is 2.05 bits per heavy atom. The summed E-state index contributed by atoms with van der Waals surface area (Å²) in [6.07, 6.45) is 0.617. The zero-order valence-corrected chi connectivity index (χ0v) is 14.8. The molecule has 0 saturated carbocycles. The van der Waals surface area contributed by atoms with E-state index in [9.17, 15) is 9.90 Å². The molecule has 0 heterocycles. The zero-order valence-electron chi connectivity index (χ0n) is 12.4. The second kappa shape index (κ2) is 7.48. The van der Waals surface area contributed by atoms with Gasteiger partial charge in [0.05, 0.1) is 11.4 Å². The molecule has 2 N–H and O–H groups in total. The standard InChI is InChI=1S/C15H22BrNO2S/c1-5-15(4,19)9-17-14(18)8-20-13-7-10(2)12(16)6-11(13)3/h6-7,19H,5,8-9H2,1-4H3,(H,17,18). The van der Waals surface area contributed by atoms with Gasteiger partial charge >= 0.3 is 0 Å². The highest BCUT2D eigenvalue weighted by Gasteiger charge is 2.18. The summed E-state index contributed by atoms with van der Waals surface area (Å²) in [5.74, 6) is 0.311. The van der Waals surface area contributed by atoms with Crippen molar-refractivity contribution < 1.29 is 9.90 Å². The van der Waals surface area contributed by atoms with Crippen LogP contribution < -0.4 is 5.32 Å². The average molecular weight is 360 g/mol. The van der Waals surface area contributed by atoms with E-state index >= 15 is 0 Å². The van der Waals surface area contributed by atoms with Crippen molar-refractivity contribution in [2.75, 3.05) is 12.3 Å². The highest BCUT2D eigenvalue weighted by Crippen LogP contribution is 2.28. The van der Waals surface area contributed by atoms with Crippen LogP contribution in [0.5, 0.6) is 0 Å². The van der Waals surface area contributed by atoms with Gasteiger partial charge in [-0.3, -0.25) is 4.79 Å². The van der Waals surface area contributed by atoms with Gasteiger partial charge in [0.25, 0.3) is 0 Å². The number of halogens is 1. The Bertz CT molecular complexity index is 489. The van der Waals surface area contributed by atoms with Crippen LogP contribution in [0.4, 0.5) is 0 Å². The highest BCUT2D eigenvalue weighted by molar-refractivity contribution is 9.10. The molecule has 0 bridgehead atoms. The number of aliphatic hydroxyl groups is 1. The van der Waals surface area contributed by atoms with Gasteiger partial charge in [0.15, 0.2) is 0 Å². The molecule has 1 atom stereocenters. The predicted octanol–water partition coefficient (Wildman–Crippen LogP) is 3.44. The summed E-state index contributed by atoms with van der Waals surface area (Å²) in [5, 5.41) is 12.6. The molecule has 0 aliphatic carbocycles. The summed E-state index contributed by atoms with van der Waals surface area (Å²) >= 11 is 5.02. The van der Waals surface area contributed by atoms with Crippen molar-refractivity contribution in [3.63, 3.8) is 0 Å². The van der Waals surface area contributed by atoms with Crippen molar-refractivity contribution in [1.82, 2.24) is 5.32 Å². The van der Waals surface area contributed by atoms with Gasteiger partial charge in [-0.2, -0.15) is 0 Å². The number of amides is 1. The second-order valence-electron chi connectivity index (χ2n) is 5.28. The molecule has 0 aliphatic rings. The van der Waals surface area contributed by atoms with Crippen molar-refractivity contribution in [3.8, 4) is 0 Å². The quantitative estimate of drug-likeness (QED) is 0.764. The third-order valence-corrected chi connectivity index (χ3v) is 5.25. The van der Waals surface area contributed by atoms with E-state index in [2.05, 4.69) is 33.4 Å². The third-order valence-electron chi connectivity index (χ3n) is 3.24. The van der Waals surface area contributed by atoms with Crippen molar-refractivity contribution in [1.29, 1.82) is 0 Å². The van der Waals surface area contributed by atoms with E-state index in [0.29, 0.717) is 18.7 Å². The van der Waals surface area contributed by atoms with Crippen LogP contribution in [0, 0.1) is 13.8 Å². The number of benzene rings is 1. The Morgan fingerprint density at radius 1 is 1.40 bits per heavy atom. The van der Waals surface area contributed by atoms with E-state index in [0.717, 1.165) is 20.5 Å². The van der Waals surface area contributed by atoms with Crippen LogP contribution in [0.2, 0.25) is 0 Å². The number of carbonyl (C=O) groups is 1. The molecule has 1 unspecified atom stereocenters. The lowest BCUT2D eigenvalue weighted by atomic mass is 10.0. The van der Waals surface area contributed by atoms with Gasteiger partial charge in [-0.1, -0.05) is 22.9 Å². The molecule has 0 radical (unpaired) electrons. The van der Waals surface area contributed by atoms with Crippen LogP contribution >= 0.6 is 27.7 Å². The van der Waals surface area contributed by atoms with Crippen molar-refractivity contribution in [3.05, 3.63) is 27.7 Å². The molecule has 1 rings (SSSR count). The fourth-order valence-electron chi connectivity index (χ4n) is 1.52. The Kier molecular flexibility index (Phi) is 6.55. The summed E-state index contributed by atoms with van der Waals surface area (Å²) in [7, 11) is 0. The lowest BCUT2D eigenvalue weighted by molar-refractivity contribution is -0.119. The lowest BCUT2D eigenvalue weighted by Crippen LogP contribution is -2.40. The van der Waals surface area contributed by atoms with Gasteiger partial charge in [-0.25, -0.2) is 0 Å². The molecular formula is C15H22BrNO2S. The average Bonchev–Trinajstić information content (AvgIpc) is 2.39. The number of hydrogen-bond acceptors (Lipinski definition) is 3. The Morgan fingerprint density at radius 3 is 2.65 bits per heavy atom. The minimum absolute atomic E-state index is 0.0521. The first-order valence-corrected chi connectivity index (χ1v) is 8.41. The molecule has 0 aromatic heterocycles. The normalized spacial score (nSPS) is 13.9. The molecule has 0 fully saturated rings. The van der Waals surface area contributed by atoms with Gasteiger partial charge in [0, 0.05) is 15.9 Å². The van der Waals surface area contributed by atoms with Crippen molar-refractivity contribution in [2.24, 2.45) is 0 Å². The topological polar surface area (TPSA) is 49.3 Å². The number of nitrogens with one attached hydrogen (secondary N) is 1. The molecule has 1 aromatic rings. The van der Waals surface area contributed by atoms with Crippen LogP contribution in [-0.4, -0.2) is 28.9 Å². The number of rotatable bonds is 6. The van der Waals surface area contributed by atoms with Crippen LogP contribution in [0.25, 0.3) is 0 Å². The van der Waals surface area contributed by atoms with Crippen LogP contribution in [0.15, 0.2) is 21.5 Å². The molecule has 112 valence electrons. The predicted molar refractivity (Wildman–Crippen MR) is 88.3 cm³/mol. The van der Waals surface area contributed by atoms with Crippen LogP contribution in [0.1, 0.15) is 31.4 Å². The van der Waals surface area contributed by atoms with Crippen molar-refractivity contribution in [2.45, 2.75) is 44.6 Å². The van der Waals surface area contributed by atoms with E-state index in [1.807, 2.05) is 20.8 Å². The molecular weight excluding hydrogens is 338 g/mol. The summed E-state index contributed by atoms with van der Waals surface area (Å²) in [6.45, 7) is 7.98. The van der Waals surface area contributed by atoms with Gasteiger partial charge in [0.2, 0.25) is 5.91 Å². The smallest absolute Gasteiger partial charge is 0.230 e. The van der Waals surface area contributed by atoms with E-state index in [1.54, 1.807) is 6.92 Å². The molecule has 0 spiro atoms. The molecule has 3 nitrogen and oxygen atoms in total. The monoisotopic (exact) mass is 359 g/mol. The fraction of sp³-hybridized carbons (Fsp3) is 0.533. The third kappa shape index (κ3) is 5.46. The summed E-state index contributed by atoms with van der Waals surface area (Å²) in [4.78, 5) is 12.9. The summed E-state index contributed by atoms with van der Waals surface area (Å²) in [5.41, 5.74) is 1.48. The van der Waals surface area contributed by atoms with E-state index < -0.39 is 5.60 Å². The SMILES string of the molecule is CCC(C)(O)CNC(=O)CSc1cc(C)c(Br)cc1C. The van der Waals surface area contributed by atoms with E-state index in [1.165, 1.54) is 11.8 Å². The fourth-order valence-corrected chi connectivity index (χ4v) is 2.91. The van der Waals surface area contributed by atoms with Gasteiger partial charge < -0.3 is 10.4 Å². The maximum atomic E-state index is 11.8. The van der Waals surface area contributed by atoms with Crippen LogP contribution in [-0.2, 0) is 4.79 Å². The van der Waals surface area contributed by atoms with E-state index in [4.69, 9.17) is 0 Å². The molecule has 5 heteroatoms. The minimum atomic E-state index is -0.829. The maximum Gasteiger partial charge on any atom is 0.230 e. The number of hydrogen-bond donors (Lipinski definition) is 2. The molecule has 20 heavy (non-hydrogen) atoms. The van der Waals surface area contributed by atoms with E-state index in [-0.39, 0.29) is 5.91 Å². The molecule has 1 amide bonds. The maximum absolute atomic E-state index is 11.8. The minimum Gasteiger partial charge on any atom is -0.388 e. The van der Waals surface area contributed by atoms with Gasteiger partial charge in [-0.05, 0) is 50.5 Å². The molecule has 0 aliphatic heterocycles. The van der Waals surface area contributed by atoms with Gasteiger partial charge in [-0.15, -0.1) is 11.8 Å². The zero-order chi connectivity index (χ0) is 15.3. The first-order chi connectivity index (χ1) is 9.25. The van der Waals surface area contributed by atoms with Crippen molar-refractivity contribution >= 4 is 33.6 Å². The Hall–Kier alpha value is -0.520. The second-order valence-corrected chi connectivity index (χ2v) is 7.15. The first-order valence-electron chi connectivity index (χ1n) is 6.64. The first kappa shape index (κ1) is 17.5. The molecule has 1 aromatic carbocycles. The number of aryl methyl sites for hydroxylation is 2. The number of thioether (sulfide) groups is 1. The number of carbonyl (C=O) groups excluding carboxylic acids is 1. The lowest BCUT2D eigenvalue weighted by Gasteiger charge is -2.21. The summed E-state index contributed by atoms with van der Waals surface area (Å²) < 4.78 is 1.09. The highest BCUT2D eigenvalue weighted by atomic mass is 79.9. The Balaban J connectivity index is 2.51. The Labute approximate surface area is 133 Å².